The van der Waals surface area contributed by atoms with E-state index in [1.54, 1.807) is 11.3 Å². The SMILES string of the molecule is Cc1cc(Br)ccc1C(=O)NCc1cc(Br)cs1. The number of benzene rings is 1. The first-order valence-electron chi connectivity index (χ1n) is 5.33. The van der Waals surface area contributed by atoms with Gasteiger partial charge in [-0.1, -0.05) is 15.9 Å². The summed E-state index contributed by atoms with van der Waals surface area (Å²) in [6, 6.07) is 7.67. The molecule has 2 nitrogen and oxygen atoms in total. The molecule has 0 fully saturated rings. The average Bonchev–Trinajstić information content (AvgIpc) is 2.72. The van der Waals surface area contributed by atoms with E-state index in [2.05, 4.69) is 37.2 Å². The fraction of sp³-hybridized carbons (Fsp3) is 0.154. The average molecular weight is 389 g/mol. The highest BCUT2D eigenvalue weighted by molar-refractivity contribution is 9.10. The molecule has 1 amide bonds. The molecule has 18 heavy (non-hydrogen) atoms. The number of hydrogen-bond acceptors (Lipinski definition) is 2. The Hall–Kier alpha value is -0.650. The van der Waals surface area contributed by atoms with E-state index in [9.17, 15) is 4.79 Å². The third kappa shape index (κ3) is 3.43. The molecule has 2 rings (SSSR count). The van der Waals surface area contributed by atoms with Crippen molar-refractivity contribution in [2.45, 2.75) is 13.5 Å². The Kier molecular flexibility index (Phi) is 4.59. The molecule has 0 bridgehead atoms. The molecule has 0 radical (unpaired) electrons. The lowest BCUT2D eigenvalue weighted by molar-refractivity contribution is 0.0950. The molecular formula is C13H11Br2NOS. The van der Waals surface area contributed by atoms with Gasteiger partial charge in [-0.05, 0) is 52.7 Å². The number of nitrogens with one attached hydrogen (secondary N) is 1. The van der Waals surface area contributed by atoms with Crippen molar-refractivity contribution < 1.29 is 4.79 Å². The molecule has 0 saturated carbocycles. The summed E-state index contributed by atoms with van der Waals surface area (Å²) in [7, 11) is 0. The number of thiophene rings is 1. The molecule has 1 aromatic heterocycles. The molecule has 2 aromatic rings. The Balaban J connectivity index is 2.03. The molecule has 1 aromatic carbocycles. The van der Waals surface area contributed by atoms with Crippen LogP contribution in [0.4, 0.5) is 0 Å². The summed E-state index contributed by atoms with van der Waals surface area (Å²) in [6.45, 7) is 2.49. The van der Waals surface area contributed by atoms with Crippen molar-refractivity contribution in [3.8, 4) is 0 Å². The van der Waals surface area contributed by atoms with Gasteiger partial charge in [0.25, 0.3) is 5.91 Å². The second kappa shape index (κ2) is 5.99. The molecule has 0 spiro atoms. The highest BCUT2D eigenvalue weighted by Crippen LogP contribution is 2.20. The summed E-state index contributed by atoms with van der Waals surface area (Å²) in [5, 5.41) is 4.93. The number of amides is 1. The number of carbonyl (C=O) groups excluding carboxylic acids is 1. The predicted octanol–water partition coefficient (Wildman–Crippen LogP) is 4.51. The third-order valence-electron chi connectivity index (χ3n) is 2.48. The molecule has 0 unspecified atom stereocenters. The predicted molar refractivity (Wildman–Crippen MR) is 82.1 cm³/mol. The summed E-state index contributed by atoms with van der Waals surface area (Å²) in [5.74, 6) is -0.0375. The van der Waals surface area contributed by atoms with Crippen LogP contribution in [-0.2, 0) is 6.54 Å². The fourth-order valence-electron chi connectivity index (χ4n) is 1.59. The first-order chi connectivity index (χ1) is 8.56. The molecular weight excluding hydrogens is 378 g/mol. The zero-order chi connectivity index (χ0) is 13.1. The van der Waals surface area contributed by atoms with Crippen LogP contribution in [0.1, 0.15) is 20.8 Å². The van der Waals surface area contributed by atoms with Crippen LogP contribution in [0.15, 0.2) is 38.6 Å². The van der Waals surface area contributed by atoms with Gasteiger partial charge in [-0.15, -0.1) is 11.3 Å². The van der Waals surface area contributed by atoms with Gasteiger partial charge in [0.1, 0.15) is 0 Å². The van der Waals surface area contributed by atoms with Crippen LogP contribution in [0.2, 0.25) is 0 Å². The Morgan fingerprint density at radius 1 is 1.28 bits per heavy atom. The van der Waals surface area contributed by atoms with Gasteiger partial charge < -0.3 is 5.32 Å². The lowest BCUT2D eigenvalue weighted by Gasteiger charge is -2.07. The van der Waals surface area contributed by atoms with Gasteiger partial charge in [0, 0.05) is 24.8 Å². The summed E-state index contributed by atoms with van der Waals surface area (Å²) in [4.78, 5) is 13.2. The van der Waals surface area contributed by atoms with Gasteiger partial charge >= 0.3 is 0 Å². The van der Waals surface area contributed by atoms with Crippen LogP contribution in [0.3, 0.4) is 0 Å². The summed E-state index contributed by atoms with van der Waals surface area (Å²) in [5.41, 5.74) is 1.68. The Morgan fingerprint density at radius 2 is 2.06 bits per heavy atom. The summed E-state index contributed by atoms with van der Waals surface area (Å²) >= 11 is 8.41. The van der Waals surface area contributed by atoms with Crippen LogP contribution in [0.5, 0.6) is 0 Å². The quantitative estimate of drug-likeness (QED) is 0.823. The van der Waals surface area contributed by atoms with E-state index < -0.39 is 0 Å². The van der Waals surface area contributed by atoms with Crippen LogP contribution >= 0.6 is 43.2 Å². The molecule has 0 aliphatic rings. The third-order valence-corrected chi connectivity index (χ3v) is 4.67. The van der Waals surface area contributed by atoms with Gasteiger partial charge in [-0.3, -0.25) is 4.79 Å². The van der Waals surface area contributed by atoms with E-state index in [1.165, 1.54) is 0 Å². The van der Waals surface area contributed by atoms with E-state index in [-0.39, 0.29) is 5.91 Å². The van der Waals surface area contributed by atoms with Gasteiger partial charge in [0.2, 0.25) is 0 Å². The normalized spacial score (nSPS) is 10.4. The number of halogens is 2. The lowest BCUT2D eigenvalue weighted by Crippen LogP contribution is -2.23. The van der Waals surface area contributed by atoms with Crippen molar-refractivity contribution >= 4 is 49.1 Å². The van der Waals surface area contributed by atoms with Crippen molar-refractivity contribution in [3.63, 3.8) is 0 Å². The molecule has 0 aliphatic heterocycles. The fourth-order valence-corrected chi connectivity index (χ4v) is 3.46. The van der Waals surface area contributed by atoms with Crippen LogP contribution in [0.25, 0.3) is 0 Å². The van der Waals surface area contributed by atoms with Gasteiger partial charge in [0.05, 0.1) is 6.54 Å². The van der Waals surface area contributed by atoms with Crippen molar-refractivity contribution in [2.75, 3.05) is 0 Å². The zero-order valence-corrected chi connectivity index (χ0v) is 13.7. The monoisotopic (exact) mass is 387 g/mol. The van der Waals surface area contributed by atoms with Crippen molar-refractivity contribution in [1.29, 1.82) is 0 Å². The van der Waals surface area contributed by atoms with Crippen LogP contribution in [0, 0.1) is 6.92 Å². The first-order valence-corrected chi connectivity index (χ1v) is 7.80. The van der Waals surface area contributed by atoms with Crippen molar-refractivity contribution in [3.05, 3.63) is 54.6 Å². The molecule has 5 heteroatoms. The van der Waals surface area contributed by atoms with Gasteiger partial charge in [-0.2, -0.15) is 0 Å². The Bertz CT molecular complexity index is 580. The van der Waals surface area contributed by atoms with Gasteiger partial charge in [-0.25, -0.2) is 0 Å². The maximum Gasteiger partial charge on any atom is 0.251 e. The largest absolute Gasteiger partial charge is 0.347 e. The highest BCUT2D eigenvalue weighted by atomic mass is 79.9. The maximum absolute atomic E-state index is 12.0. The van der Waals surface area contributed by atoms with E-state index in [0.717, 1.165) is 19.4 Å². The second-order valence-electron chi connectivity index (χ2n) is 3.87. The lowest BCUT2D eigenvalue weighted by atomic mass is 10.1. The molecule has 0 saturated heterocycles. The number of carbonyl (C=O) groups is 1. The second-order valence-corrected chi connectivity index (χ2v) is 6.70. The number of aryl methyl sites for hydroxylation is 1. The summed E-state index contributed by atoms with van der Waals surface area (Å²) < 4.78 is 2.04. The minimum atomic E-state index is -0.0375. The highest BCUT2D eigenvalue weighted by Gasteiger charge is 2.09. The van der Waals surface area contributed by atoms with Gasteiger partial charge in [0.15, 0.2) is 0 Å². The standard InChI is InChI=1S/C13H11Br2NOS/c1-8-4-9(14)2-3-12(8)13(17)16-6-11-5-10(15)7-18-11/h2-5,7H,6H2,1H3,(H,16,17). The molecule has 0 aliphatic carbocycles. The molecule has 0 atom stereocenters. The van der Waals surface area contributed by atoms with E-state index in [0.29, 0.717) is 12.1 Å². The van der Waals surface area contributed by atoms with E-state index >= 15 is 0 Å². The molecule has 1 N–H and O–H groups in total. The minimum absolute atomic E-state index is 0.0375. The minimum Gasteiger partial charge on any atom is -0.347 e. The molecule has 1 heterocycles. The maximum atomic E-state index is 12.0. The van der Waals surface area contributed by atoms with E-state index in [1.807, 2.05) is 36.6 Å². The topological polar surface area (TPSA) is 29.1 Å². The van der Waals surface area contributed by atoms with Crippen molar-refractivity contribution in [1.82, 2.24) is 5.32 Å². The first kappa shape index (κ1) is 13.8. The molecule has 94 valence electrons. The summed E-state index contributed by atoms with van der Waals surface area (Å²) in [6.07, 6.45) is 0. The Morgan fingerprint density at radius 3 is 2.67 bits per heavy atom. The van der Waals surface area contributed by atoms with E-state index in [4.69, 9.17) is 0 Å². The number of rotatable bonds is 3. The van der Waals surface area contributed by atoms with Crippen molar-refractivity contribution in [2.24, 2.45) is 0 Å². The Labute approximate surface area is 127 Å². The van der Waals surface area contributed by atoms with Crippen LogP contribution < -0.4 is 5.32 Å². The smallest absolute Gasteiger partial charge is 0.251 e. The zero-order valence-electron chi connectivity index (χ0n) is 9.67. The number of hydrogen-bond donors (Lipinski definition) is 1. The van der Waals surface area contributed by atoms with Crippen LogP contribution in [-0.4, -0.2) is 5.91 Å².